The Balaban J connectivity index is 2.16. The Bertz CT molecular complexity index is 2040. The van der Waals surface area contributed by atoms with Gasteiger partial charge in [-0.3, -0.25) is 19.2 Å². The molecule has 0 saturated carbocycles. The number of carbonyl (C=O) groups is 7. The van der Waals surface area contributed by atoms with E-state index in [2.05, 4.69) is 22.9 Å². The van der Waals surface area contributed by atoms with Crippen LogP contribution in [0.1, 0.15) is 157 Å². The first-order valence-electron chi connectivity index (χ1n) is 24.7. The summed E-state index contributed by atoms with van der Waals surface area (Å²) in [5.41, 5.74) is 0.630. The topological polar surface area (TPSA) is 205 Å². The minimum atomic E-state index is -1.25. The molecule has 2 aromatic rings. The third-order valence-electron chi connectivity index (χ3n) is 11.4. The summed E-state index contributed by atoms with van der Waals surface area (Å²) in [6.45, 7) is 16.7. The van der Waals surface area contributed by atoms with Gasteiger partial charge in [0.25, 0.3) is 0 Å². The number of nitrogens with one attached hydrogen (secondary N) is 3. The lowest BCUT2D eigenvalue weighted by Crippen LogP contribution is -2.46. The number of fused-ring (bicyclic) bond motifs is 5. The molecular weight excluding hydrogens is 885 g/mol. The van der Waals surface area contributed by atoms with Crippen LogP contribution in [0.5, 0.6) is 11.5 Å². The number of hydrogen-bond donors (Lipinski definition) is 3. The smallest absolute Gasteiger partial charge is 0.407 e. The maximum absolute atomic E-state index is 14.9. The van der Waals surface area contributed by atoms with Crippen molar-refractivity contribution in [3.63, 3.8) is 0 Å². The average molecular weight is 965 g/mol. The molecule has 2 aromatic carbocycles. The van der Waals surface area contributed by atoms with E-state index < -0.39 is 70.9 Å². The summed E-state index contributed by atoms with van der Waals surface area (Å²) in [6, 6.07) is 8.13. The summed E-state index contributed by atoms with van der Waals surface area (Å²) in [5.74, 6) is -3.31. The van der Waals surface area contributed by atoms with Crippen LogP contribution in [0.4, 0.5) is 9.59 Å². The van der Waals surface area contributed by atoms with Crippen LogP contribution in [-0.2, 0) is 44.6 Å². The molecule has 1 heterocycles. The first-order chi connectivity index (χ1) is 32.6. The van der Waals surface area contributed by atoms with Gasteiger partial charge in [0, 0.05) is 62.2 Å². The van der Waals surface area contributed by atoms with Gasteiger partial charge in [0.15, 0.2) is 5.78 Å². The van der Waals surface area contributed by atoms with Gasteiger partial charge in [-0.2, -0.15) is 0 Å². The second-order valence-corrected chi connectivity index (χ2v) is 20.0. The molecule has 3 N–H and O–H groups in total. The molecule has 4 amide bonds. The third kappa shape index (κ3) is 20.1. The van der Waals surface area contributed by atoms with Crippen LogP contribution in [0.3, 0.4) is 0 Å². The molecule has 4 atom stereocenters. The molecule has 0 aromatic heterocycles. The molecule has 0 saturated heterocycles. The van der Waals surface area contributed by atoms with Crippen molar-refractivity contribution in [2.45, 2.75) is 169 Å². The molecule has 0 unspecified atom stereocenters. The number of carbonyl (C=O) groups excluding carboxylic acids is 7. The Morgan fingerprint density at radius 1 is 0.754 bits per heavy atom. The van der Waals surface area contributed by atoms with Gasteiger partial charge in [-0.15, -0.1) is 0 Å². The molecule has 16 nitrogen and oxygen atoms in total. The summed E-state index contributed by atoms with van der Waals surface area (Å²) < 4.78 is 28.5. The van der Waals surface area contributed by atoms with Crippen LogP contribution in [0.25, 0.3) is 11.1 Å². The number of hydrogen-bond acceptors (Lipinski definition) is 12. The van der Waals surface area contributed by atoms with Gasteiger partial charge in [-0.05, 0) is 96.2 Å². The number of alkyl carbamates (subject to hydrolysis) is 2. The molecule has 0 aliphatic carbocycles. The predicted molar refractivity (Wildman–Crippen MR) is 264 cm³/mol. The maximum atomic E-state index is 14.9. The number of rotatable bonds is 23. The van der Waals surface area contributed by atoms with Crippen molar-refractivity contribution in [1.82, 2.24) is 20.9 Å². The van der Waals surface area contributed by atoms with Gasteiger partial charge in [0.05, 0.1) is 20.3 Å². The fourth-order valence-corrected chi connectivity index (χ4v) is 8.00. The molecule has 4 bridgehead atoms. The van der Waals surface area contributed by atoms with E-state index in [-0.39, 0.29) is 51.2 Å². The molecule has 384 valence electrons. The fraction of sp³-hybridized carbons (Fsp3) is 0.642. The van der Waals surface area contributed by atoms with E-state index in [1.54, 1.807) is 78.8 Å². The lowest BCUT2D eigenvalue weighted by Gasteiger charge is -2.32. The summed E-state index contributed by atoms with van der Waals surface area (Å²) in [7, 11) is 2.74. The van der Waals surface area contributed by atoms with Crippen LogP contribution >= 0.6 is 0 Å². The van der Waals surface area contributed by atoms with Gasteiger partial charge in [0.1, 0.15) is 47.2 Å². The fourth-order valence-electron chi connectivity index (χ4n) is 8.00. The molecule has 0 radical (unpaired) electrons. The average Bonchev–Trinajstić information content (AvgIpc) is 3.27. The quantitative estimate of drug-likeness (QED) is 0.0542. The minimum absolute atomic E-state index is 0.0288. The van der Waals surface area contributed by atoms with Crippen LogP contribution in [-0.4, -0.2) is 104 Å². The normalized spacial score (nSPS) is 16.8. The van der Waals surface area contributed by atoms with Gasteiger partial charge < -0.3 is 44.5 Å². The van der Waals surface area contributed by atoms with E-state index in [9.17, 15) is 33.6 Å². The Labute approximate surface area is 410 Å². The second-order valence-electron chi connectivity index (χ2n) is 20.0. The van der Waals surface area contributed by atoms with E-state index in [1.807, 2.05) is 13.0 Å². The first kappa shape index (κ1) is 57.6. The number of Topliss-reactive ketones (excluding diaryl/α,β-unsaturated/α-hetero) is 2. The highest BCUT2D eigenvalue weighted by atomic mass is 16.6. The lowest BCUT2D eigenvalue weighted by molar-refractivity contribution is -0.146. The summed E-state index contributed by atoms with van der Waals surface area (Å²) in [5, 5.41) is 8.19. The minimum Gasteiger partial charge on any atom is -0.493 e. The largest absolute Gasteiger partial charge is 0.493 e. The van der Waals surface area contributed by atoms with Crippen molar-refractivity contribution in [3.8, 4) is 22.6 Å². The number of methoxy groups -OCH3 is 1. The van der Waals surface area contributed by atoms with Crippen LogP contribution in [0.2, 0.25) is 0 Å². The maximum Gasteiger partial charge on any atom is 0.407 e. The van der Waals surface area contributed by atoms with Gasteiger partial charge in [0.2, 0.25) is 11.8 Å². The number of ether oxygens (including phenoxy) is 5. The van der Waals surface area contributed by atoms with Crippen LogP contribution in [0, 0.1) is 11.8 Å². The monoisotopic (exact) mass is 965 g/mol. The Kier molecular flexibility index (Phi) is 23.5. The number of esters is 1. The summed E-state index contributed by atoms with van der Waals surface area (Å²) in [6.07, 6.45) is 6.62. The third-order valence-corrected chi connectivity index (χ3v) is 11.4. The number of nitrogens with zero attached hydrogens (tertiary/aromatic N) is 1. The highest BCUT2D eigenvalue weighted by Crippen LogP contribution is 2.41. The number of unbranched alkanes of at least 4 members (excludes halogenated alkanes) is 6. The van der Waals surface area contributed by atoms with Crippen molar-refractivity contribution in [1.29, 1.82) is 0 Å². The summed E-state index contributed by atoms with van der Waals surface area (Å²) in [4.78, 5) is 96.8. The van der Waals surface area contributed by atoms with Gasteiger partial charge in [-0.1, -0.05) is 71.4 Å². The Morgan fingerprint density at radius 3 is 1.94 bits per heavy atom. The Hall–Kier alpha value is -5.67. The predicted octanol–water partition coefficient (Wildman–Crippen LogP) is 8.99. The van der Waals surface area contributed by atoms with Crippen molar-refractivity contribution < 1.29 is 57.2 Å². The summed E-state index contributed by atoms with van der Waals surface area (Å²) >= 11 is 0. The van der Waals surface area contributed by atoms with Crippen molar-refractivity contribution >= 4 is 41.5 Å². The molecule has 16 heteroatoms. The number of benzene rings is 2. The molecule has 0 spiro atoms. The zero-order valence-corrected chi connectivity index (χ0v) is 43.1. The van der Waals surface area contributed by atoms with Crippen LogP contribution in [0.15, 0.2) is 36.4 Å². The Morgan fingerprint density at radius 2 is 1.33 bits per heavy atom. The molecular formula is C53H80N4O12. The molecule has 0 fully saturated rings. The van der Waals surface area contributed by atoms with Crippen molar-refractivity contribution in [3.05, 3.63) is 47.5 Å². The van der Waals surface area contributed by atoms with E-state index in [0.29, 0.717) is 59.6 Å². The lowest BCUT2D eigenvalue weighted by atomic mass is 9.88. The zero-order valence-electron chi connectivity index (χ0n) is 43.1. The molecule has 1 aliphatic heterocycles. The standard InChI is InChI=1S/C53H80N4O12/c1-12-14-15-16-17-18-19-20-39(58)33-38(25-26-54-50(63)68-52(4,5)6)48(61)57(10)46-37-22-24-45(66-28-13-2)41(34-37)40-31-36(21-23-44(40)67-29-27-55-51(64)69-53(7,8)9)32-42(49(62)65-11)56-47(60)35(3)30-43(46)59/h21-24,31,34-35,38,42,46H,12-20,25-30,32-33H2,1-11H3,(H,54,63)(H,55,64)(H,56,60)/t35-,38-,42+,46+/m1/s1. The SMILES string of the molecule is CCCCCCCCCC(=O)C[C@@H](CCNC(=O)OC(C)(C)C)C(=O)N(C)[C@@H]1C(=O)C[C@@H](C)C(=O)N[C@H](C(=O)OC)Cc2ccc(OCCNC(=O)OC(C)(C)C)c(c2)-c2cc1ccc2OCCC. The van der Waals surface area contributed by atoms with E-state index >= 15 is 0 Å². The molecule has 69 heavy (non-hydrogen) atoms. The van der Waals surface area contributed by atoms with Crippen molar-refractivity contribution in [2.75, 3.05) is 40.5 Å². The van der Waals surface area contributed by atoms with E-state index in [4.69, 9.17) is 23.7 Å². The number of likely N-dealkylation sites (N-methyl/N-ethyl adjacent to an activating group) is 1. The first-order valence-corrected chi connectivity index (χ1v) is 24.7. The second kappa shape index (κ2) is 28.1. The van der Waals surface area contributed by atoms with Gasteiger partial charge >= 0.3 is 18.2 Å². The highest BCUT2D eigenvalue weighted by molar-refractivity contribution is 5.96. The number of amides is 4. The van der Waals surface area contributed by atoms with Crippen molar-refractivity contribution in [2.24, 2.45) is 11.8 Å². The highest BCUT2D eigenvalue weighted by Gasteiger charge is 2.36. The molecule has 3 rings (SSSR count). The molecule has 1 aliphatic rings. The zero-order chi connectivity index (χ0) is 51.3. The number of ketones is 2. The van der Waals surface area contributed by atoms with E-state index in [1.165, 1.54) is 25.5 Å². The van der Waals surface area contributed by atoms with Crippen LogP contribution < -0.4 is 25.4 Å². The van der Waals surface area contributed by atoms with E-state index in [0.717, 1.165) is 32.1 Å². The van der Waals surface area contributed by atoms with Gasteiger partial charge in [-0.25, -0.2) is 14.4 Å².